The van der Waals surface area contributed by atoms with E-state index >= 15 is 0 Å². The monoisotopic (exact) mass is 290 g/mol. The van der Waals surface area contributed by atoms with Crippen molar-refractivity contribution in [2.24, 2.45) is 0 Å². The lowest BCUT2D eigenvalue weighted by molar-refractivity contribution is -0.122. The number of nitrogens with two attached hydrogens (primary N) is 1. The van der Waals surface area contributed by atoms with Gasteiger partial charge in [-0.15, -0.1) is 0 Å². The van der Waals surface area contributed by atoms with Gasteiger partial charge in [-0.1, -0.05) is 17.7 Å². The van der Waals surface area contributed by atoms with Gasteiger partial charge in [-0.3, -0.25) is 4.79 Å². The van der Waals surface area contributed by atoms with Crippen LogP contribution in [0.2, 0.25) is 5.02 Å². The minimum Gasteiger partial charge on any atom is -0.481 e. The van der Waals surface area contributed by atoms with Crippen molar-refractivity contribution in [3.63, 3.8) is 0 Å². The number of nitrogens with one attached hydrogen (secondary N) is 1. The quantitative estimate of drug-likeness (QED) is 0.849. The first-order valence-electron chi connectivity index (χ1n) is 6.13. The molecular weight excluding hydrogens is 276 g/mol. The maximum atomic E-state index is 12.0. The molecule has 0 bridgehead atoms. The maximum Gasteiger partial charge on any atom is 0.265 e. The van der Waals surface area contributed by atoms with Gasteiger partial charge in [-0.25, -0.2) is 0 Å². The van der Waals surface area contributed by atoms with E-state index in [1.54, 1.807) is 55.5 Å². The van der Waals surface area contributed by atoms with Gasteiger partial charge >= 0.3 is 0 Å². The summed E-state index contributed by atoms with van der Waals surface area (Å²) in [7, 11) is 0. The molecule has 0 fully saturated rings. The van der Waals surface area contributed by atoms with Crippen molar-refractivity contribution in [3.8, 4) is 5.75 Å². The summed E-state index contributed by atoms with van der Waals surface area (Å²) in [6, 6.07) is 13.8. The number of halogens is 1. The Hall–Kier alpha value is -2.20. The topological polar surface area (TPSA) is 64.3 Å². The Kier molecular flexibility index (Phi) is 4.48. The molecule has 0 heterocycles. The van der Waals surface area contributed by atoms with E-state index in [2.05, 4.69) is 5.32 Å². The number of rotatable bonds is 4. The molecule has 0 saturated heterocycles. The second-order valence-corrected chi connectivity index (χ2v) is 4.77. The molecule has 2 aromatic carbocycles. The van der Waals surface area contributed by atoms with Crippen LogP contribution in [0.15, 0.2) is 48.5 Å². The van der Waals surface area contributed by atoms with Crippen molar-refractivity contribution < 1.29 is 9.53 Å². The molecular formula is C15H15ClN2O2. The lowest BCUT2D eigenvalue weighted by atomic mass is 10.2. The fraction of sp³-hybridized carbons (Fsp3) is 0.133. The standard InChI is InChI=1S/C15H15ClN2O2/c1-10(20-14-7-5-11(16)6-8-14)15(19)18-13-4-2-3-12(17)9-13/h2-10H,17H2,1H3,(H,18,19)/t10-/m0/s1. The Labute approximate surface area is 122 Å². The number of carbonyl (C=O) groups is 1. The third kappa shape index (κ3) is 3.90. The summed E-state index contributed by atoms with van der Waals surface area (Å²) in [5, 5.41) is 3.36. The van der Waals surface area contributed by atoms with Crippen molar-refractivity contribution in [1.29, 1.82) is 0 Å². The first kappa shape index (κ1) is 14.2. The largest absolute Gasteiger partial charge is 0.481 e. The lowest BCUT2D eigenvalue weighted by Crippen LogP contribution is -2.30. The normalized spacial score (nSPS) is 11.7. The molecule has 0 saturated carbocycles. The smallest absolute Gasteiger partial charge is 0.265 e. The molecule has 0 radical (unpaired) electrons. The minimum absolute atomic E-state index is 0.245. The van der Waals surface area contributed by atoms with Gasteiger partial charge in [-0.05, 0) is 49.4 Å². The highest BCUT2D eigenvalue weighted by molar-refractivity contribution is 6.30. The number of hydrogen-bond acceptors (Lipinski definition) is 3. The zero-order chi connectivity index (χ0) is 14.5. The van der Waals surface area contributed by atoms with Gasteiger partial charge in [0.2, 0.25) is 0 Å². The number of hydrogen-bond donors (Lipinski definition) is 2. The summed E-state index contributed by atoms with van der Waals surface area (Å²) in [6.07, 6.45) is -0.627. The van der Waals surface area contributed by atoms with Crippen molar-refractivity contribution in [1.82, 2.24) is 0 Å². The average Bonchev–Trinajstić information content (AvgIpc) is 2.41. The third-order valence-electron chi connectivity index (χ3n) is 2.65. The Bertz CT molecular complexity index is 599. The van der Waals surface area contributed by atoms with Crippen molar-refractivity contribution >= 4 is 28.9 Å². The average molecular weight is 291 g/mol. The van der Waals surface area contributed by atoms with Crippen LogP contribution in [-0.2, 0) is 4.79 Å². The molecule has 4 nitrogen and oxygen atoms in total. The van der Waals surface area contributed by atoms with Crippen LogP contribution in [0.1, 0.15) is 6.92 Å². The number of nitrogen functional groups attached to an aromatic ring is 1. The van der Waals surface area contributed by atoms with Crippen LogP contribution in [0.5, 0.6) is 5.75 Å². The molecule has 5 heteroatoms. The number of ether oxygens (including phenoxy) is 1. The van der Waals surface area contributed by atoms with Crippen LogP contribution in [-0.4, -0.2) is 12.0 Å². The van der Waals surface area contributed by atoms with E-state index in [0.717, 1.165) is 0 Å². The van der Waals surface area contributed by atoms with E-state index in [0.29, 0.717) is 22.1 Å². The summed E-state index contributed by atoms with van der Waals surface area (Å²) in [6.45, 7) is 1.68. The summed E-state index contributed by atoms with van der Waals surface area (Å²) in [5.41, 5.74) is 6.89. The van der Waals surface area contributed by atoms with E-state index in [4.69, 9.17) is 22.1 Å². The molecule has 0 aliphatic rings. The maximum absolute atomic E-state index is 12.0. The Morgan fingerprint density at radius 3 is 2.60 bits per heavy atom. The molecule has 2 rings (SSSR count). The molecule has 1 atom stereocenters. The van der Waals surface area contributed by atoms with Gasteiger partial charge in [-0.2, -0.15) is 0 Å². The summed E-state index contributed by atoms with van der Waals surface area (Å²) < 4.78 is 5.53. The highest BCUT2D eigenvalue weighted by atomic mass is 35.5. The van der Waals surface area contributed by atoms with Crippen LogP contribution in [0, 0.1) is 0 Å². The van der Waals surface area contributed by atoms with Gasteiger partial charge < -0.3 is 15.8 Å². The highest BCUT2D eigenvalue weighted by Crippen LogP contribution is 2.18. The summed E-state index contributed by atoms with van der Waals surface area (Å²) in [5.74, 6) is 0.343. The number of carbonyl (C=O) groups excluding carboxylic acids is 1. The first-order valence-corrected chi connectivity index (χ1v) is 6.51. The molecule has 3 N–H and O–H groups in total. The van der Waals surface area contributed by atoms with Crippen molar-refractivity contribution in [3.05, 3.63) is 53.6 Å². The molecule has 20 heavy (non-hydrogen) atoms. The Morgan fingerprint density at radius 2 is 1.95 bits per heavy atom. The van der Waals surface area contributed by atoms with E-state index in [1.165, 1.54) is 0 Å². The third-order valence-corrected chi connectivity index (χ3v) is 2.90. The molecule has 1 amide bonds. The predicted molar refractivity (Wildman–Crippen MR) is 81.0 cm³/mol. The fourth-order valence-corrected chi connectivity index (χ4v) is 1.76. The Morgan fingerprint density at radius 1 is 1.25 bits per heavy atom. The molecule has 0 unspecified atom stereocenters. The SMILES string of the molecule is C[C@H](Oc1ccc(Cl)cc1)C(=O)Nc1cccc(N)c1. The second kappa shape index (κ2) is 6.30. The molecule has 0 aliphatic carbocycles. The van der Waals surface area contributed by atoms with Crippen LogP contribution in [0.4, 0.5) is 11.4 Å². The van der Waals surface area contributed by atoms with Gasteiger partial charge in [0.25, 0.3) is 5.91 Å². The second-order valence-electron chi connectivity index (χ2n) is 4.33. The number of amides is 1. The van der Waals surface area contributed by atoms with E-state index in [-0.39, 0.29) is 5.91 Å². The van der Waals surface area contributed by atoms with E-state index in [9.17, 15) is 4.79 Å². The molecule has 0 spiro atoms. The molecule has 104 valence electrons. The minimum atomic E-state index is -0.627. The molecule has 0 aliphatic heterocycles. The zero-order valence-corrected chi connectivity index (χ0v) is 11.7. The molecule has 2 aromatic rings. The number of benzene rings is 2. The number of anilines is 2. The van der Waals surface area contributed by atoms with Gasteiger partial charge in [0.1, 0.15) is 5.75 Å². The van der Waals surface area contributed by atoms with Gasteiger partial charge in [0.15, 0.2) is 6.10 Å². The van der Waals surface area contributed by atoms with Crippen LogP contribution < -0.4 is 15.8 Å². The van der Waals surface area contributed by atoms with E-state index < -0.39 is 6.10 Å². The van der Waals surface area contributed by atoms with Crippen LogP contribution >= 0.6 is 11.6 Å². The van der Waals surface area contributed by atoms with Crippen molar-refractivity contribution in [2.75, 3.05) is 11.1 Å². The van der Waals surface area contributed by atoms with Gasteiger partial charge in [0, 0.05) is 16.4 Å². The van der Waals surface area contributed by atoms with Crippen LogP contribution in [0.3, 0.4) is 0 Å². The summed E-state index contributed by atoms with van der Waals surface area (Å²) >= 11 is 5.79. The zero-order valence-electron chi connectivity index (χ0n) is 11.0. The highest BCUT2D eigenvalue weighted by Gasteiger charge is 2.14. The molecule has 0 aromatic heterocycles. The van der Waals surface area contributed by atoms with E-state index in [1.807, 2.05) is 0 Å². The van der Waals surface area contributed by atoms with Crippen molar-refractivity contribution in [2.45, 2.75) is 13.0 Å². The predicted octanol–water partition coefficient (Wildman–Crippen LogP) is 3.33. The fourth-order valence-electron chi connectivity index (χ4n) is 1.63. The Balaban J connectivity index is 1.96. The first-order chi connectivity index (χ1) is 9.54. The van der Waals surface area contributed by atoms with Gasteiger partial charge in [0.05, 0.1) is 0 Å². The summed E-state index contributed by atoms with van der Waals surface area (Å²) in [4.78, 5) is 12.0. The lowest BCUT2D eigenvalue weighted by Gasteiger charge is -2.15. The van der Waals surface area contributed by atoms with Crippen LogP contribution in [0.25, 0.3) is 0 Å².